The van der Waals surface area contributed by atoms with Crippen molar-refractivity contribution in [2.24, 2.45) is 0 Å². The quantitative estimate of drug-likeness (QED) is 0.416. The van der Waals surface area contributed by atoms with Gasteiger partial charge in [-0.15, -0.1) is 18.3 Å². The molecular weight excluding hydrogens is 475 g/mol. The maximum atomic E-state index is 12.5. The first-order chi connectivity index (χ1) is 16.3. The number of nitrogens with one attached hydrogen (secondary N) is 1. The van der Waals surface area contributed by atoms with Gasteiger partial charge in [-0.25, -0.2) is 9.50 Å². The molecule has 0 bridgehead atoms. The molecule has 0 aliphatic carbocycles. The third kappa shape index (κ3) is 4.46. The van der Waals surface area contributed by atoms with Gasteiger partial charge in [-0.05, 0) is 43.2 Å². The van der Waals surface area contributed by atoms with Crippen LogP contribution >= 0.6 is 11.6 Å². The predicted octanol–water partition coefficient (Wildman–Crippen LogP) is 4.17. The summed E-state index contributed by atoms with van der Waals surface area (Å²) < 4.78 is 44.6. The second-order valence-electron chi connectivity index (χ2n) is 7.72. The van der Waals surface area contributed by atoms with Gasteiger partial charge in [0.15, 0.2) is 5.82 Å². The van der Waals surface area contributed by atoms with E-state index in [9.17, 15) is 18.3 Å². The number of aromatic nitrogens is 5. The number of hydrogen-bond donors (Lipinski definition) is 2. The molecule has 178 valence electrons. The van der Waals surface area contributed by atoms with Crippen molar-refractivity contribution < 1.29 is 23.0 Å². The van der Waals surface area contributed by atoms with Gasteiger partial charge in [-0.1, -0.05) is 11.6 Å². The van der Waals surface area contributed by atoms with Crippen LogP contribution in [-0.2, 0) is 0 Å². The van der Waals surface area contributed by atoms with Crippen molar-refractivity contribution >= 4 is 34.7 Å². The fourth-order valence-electron chi connectivity index (χ4n) is 3.93. The van der Waals surface area contributed by atoms with E-state index in [0.717, 1.165) is 31.0 Å². The molecule has 2 N–H and O–H groups in total. The van der Waals surface area contributed by atoms with Gasteiger partial charge >= 0.3 is 6.36 Å². The van der Waals surface area contributed by atoms with Crippen molar-refractivity contribution in [2.75, 3.05) is 23.4 Å². The molecule has 13 heteroatoms. The molecule has 1 saturated heterocycles. The summed E-state index contributed by atoms with van der Waals surface area (Å²) in [6, 6.07) is 7.61. The lowest BCUT2D eigenvalue weighted by molar-refractivity contribution is -0.274. The second-order valence-corrected chi connectivity index (χ2v) is 8.13. The molecule has 4 heterocycles. The number of nitrogens with zero attached hydrogens (tertiary/aromatic N) is 6. The van der Waals surface area contributed by atoms with E-state index < -0.39 is 12.1 Å². The van der Waals surface area contributed by atoms with Gasteiger partial charge in [-0.3, -0.25) is 0 Å². The molecule has 34 heavy (non-hydrogen) atoms. The van der Waals surface area contributed by atoms with E-state index in [0.29, 0.717) is 23.3 Å². The minimum absolute atomic E-state index is 0.0234. The number of ether oxygens (including phenoxy) is 1. The van der Waals surface area contributed by atoms with Crippen LogP contribution in [0.4, 0.5) is 30.8 Å². The molecule has 0 spiro atoms. The Hall–Kier alpha value is -3.51. The molecule has 4 aromatic rings. The molecule has 1 aliphatic heterocycles. The number of rotatable bonds is 6. The Morgan fingerprint density at radius 3 is 2.88 bits per heavy atom. The van der Waals surface area contributed by atoms with Crippen LogP contribution in [0.25, 0.3) is 11.2 Å². The number of aliphatic hydroxyl groups excluding tert-OH is 1. The maximum absolute atomic E-state index is 12.5. The largest absolute Gasteiger partial charge is 0.573 e. The van der Waals surface area contributed by atoms with Gasteiger partial charge in [0.25, 0.3) is 0 Å². The molecule has 1 fully saturated rings. The van der Waals surface area contributed by atoms with Crippen LogP contribution in [0.3, 0.4) is 0 Å². The molecule has 9 nitrogen and oxygen atoms in total. The third-order valence-corrected chi connectivity index (χ3v) is 5.79. The van der Waals surface area contributed by atoms with E-state index in [-0.39, 0.29) is 17.7 Å². The van der Waals surface area contributed by atoms with Crippen molar-refractivity contribution in [3.05, 3.63) is 54.1 Å². The summed E-state index contributed by atoms with van der Waals surface area (Å²) in [5.41, 5.74) is 1.23. The molecule has 1 unspecified atom stereocenters. The highest BCUT2D eigenvalue weighted by atomic mass is 35.5. The van der Waals surface area contributed by atoms with Crippen molar-refractivity contribution in [1.29, 1.82) is 0 Å². The van der Waals surface area contributed by atoms with Crippen LogP contribution in [0.1, 0.15) is 12.8 Å². The van der Waals surface area contributed by atoms with Gasteiger partial charge in [0.1, 0.15) is 23.4 Å². The summed E-state index contributed by atoms with van der Waals surface area (Å²) in [6.07, 6.45) is 1.94. The van der Waals surface area contributed by atoms with Crippen LogP contribution in [0, 0.1) is 0 Å². The summed E-state index contributed by atoms with van der Waals surface area (Å²) in [7, 11) is 0. The minimum Gasteiger partial charge on any atom is -0.404 e. The zero-order valence-electron chi connectivity index (χ0n) is 17.6. The van der Waals surface area contributed by atoms with Crippen molar-refractivity contribution in [2.45, 2.75) is 25.2 Å². The number of halogens is 4. The molecule has 1 aromatic carbocycles. The van der Waals surface area contributed by atoms with Gasteiger partial charge in [0, 0.05) is 18.4 Å². The Balaban J connectivity index is 1.41. The third-order valence-electron chi connectivity index (χ3n) is 5.49. The standard InChI is InChI=1S/C21H19ClF3N7O2/c22-15-9-13(5-6-17(15)34-21(23,24)25)30-10-18(26-12-30)27-19-16-4-2-8-32(16)29-20(28-19)31-7-1-3-14(31)11-33/h2,4-6,8-10,12,14,33H,1,3,7,11H2,(H,27,28,29). The van der Waals surface area contributed by atoms with Gasteiger partial charge in [0.05, 0.1) is 23.9 Å². The number of imidazole rings is 1. The first-order valence-corrected chi connectivity index (χ1v) is 10.8. The number of aliphatic hydroxyl groups is 1. The smallest absolute Gasteiger partial charge is 0.404 e. The van der Waals surface area contributed by atoms with Crippen LogP contribution in [0.2, 0.25) is 5.02 Å². The van der Waals surface area contributed by atoms with Crippen LogP contribution in [0.15, 0.2) is 49.1 Å². The summed E-state index contributed by atoms with van der Waals surface area (Å²) in [5, 5.41) is 17.2. The van der Waals surface area contributed by atoms with Crippen LogP contribution in [-0.4, -0.2) is 54.8 Å². The van der Waals surface area contributed by atoms with E-state index in [1.807, 2.05) is 17.0 Å². The second kappa shape index (κ2) is 8.69. The molecular formula is C21H19ClF3N7O2. The lowest BCUT2D eigenvalue weighted by Crippen LogP contribution is -2.34. The Morgan fingerprint density at radius 2 is 2.12 bits per heavy atom. The van der Waals surface area contributed by atoms with E-state index in [4.69, 9.17) is 11.6 Å². The number of benzene rings is 1. The van der Waals surface area contributed by atoms with E-state index in [1.165, 1.54) is 18.5 Å². The van der Waals surface area contributed by atoms with Crippen LogP contribution < -0.4 is 15.0 Å². The Morgan fingerprint density at radius 1 is 1.26 bits per heavy atom. The fourth-order valence-corrected chi connectivity index (χ4v) is 4.15. The van der Waals surface area contributed by atoms with Crippen molar-refractivity contribution in [3.63, 3.8) is 0 Å². The topological polar surface area (TPSA) is 92.7 Å². The highest BCUT2D eigenvalue weighted by Gasteiger charge is 2.32. The summed E-state index contributed by atoms with van der Waals surface area (Å²) in [6.45, 7) is 0.774. The molecule has 0 amide bonds. The summed E-state index contributed by atoms with van der Waals surface area (Å²) in [4.78, 5) is 11.0. The molecule has 3 aromatic heterocycles. The Kier molecular flexibility index (Phi) is 5.70. The van der Waals surface area contributed by atoms with Gasteiger partial charge in [0.2, 0.25) is 5.95 Å². The van der Waals surface area contributed by atoms with E-state index in [1.54, 1.807) is 21.5 Å². The van der Waals surface area contributed by atoms with Gasteiger partial charge in [-0.2, -0.15) is 4.98 Å². The summed E-state index contributed by atoms with van der Waals surface area (Å²) in [5.74, 6) is 0.994. The number of anilines is 3. The molecule has 0 saturated carbocycles. The normalized spacial score (nSPS) is 16.4. The van der Waals surface area contributed by atoms with Crippen LogP contribution in [0.5, 0.6) is 5.75 Å². The Bertz CT molecular complexity index is 1320. The first kappa shape index (κ1) is 22.3. The first-order valence-electron chi connectivity index (χ1n) is 10.4. The van der Waals surface area contributed by atoms with Crippen molar-refractivity contribution in [3.8, 4) is 11.4 Å². The molecule has 5 rings (SSSR count). The average Bonchev–Trinajstić information content (AvgIpc) is 3.54. The number of fused-ring (bicyclic) bond motifs is 1. The maximum Gasteiger partial charge on any atom is 0.573 e. The number of alkyl halides is 3. The molecule has 1 atom stereocenters. The lowest BCUT2D eigenvalue weighted by Gasteiger charge is -2.23. The monoisotopic (exact) mass is 493 g/mol. The summed E-state index contributed by atoms with van der Waals surface area (Å²) >= 11 is 5.96. The lowest BCUT2D eigenvalue weighted by atomic mass is 10.2. The SMILES string of the molecule is OCC1CCCN1c1nc(Nc2cn(-c3ccc(OC(F)(F)F)c(Cl)c3)cn2)c2cccn2n1. The zero-order chi connectivity index (χ0) is 23.9. The minimum atomic E-state index is -4.83. The fraction of sp³-hybridized carbons (Fsp3) is 0.286. The van der Waals surface area contributed by atoms with E-state index in [2.05, 4.69) is 25.1 Å². The molecule has 0 radical (unpaired) electrons. The van der Waals surface area contributed by atoms with E-state index >= 15 is 0 Å². The zero-order valence-corrected chi connectivity index (χ0v) is 18.3. The van der Waals surface area contributed by atoms with Gasteiger partial charge < -0.3 is 24.6 Å². The predicted molar refractivity (Wildman–Crippen MR) is 119 cm³/mol. The molecule has 1 aliphatic rings. The highest BCUT2D eigenvalue weighted by molar-refractivity contribution is 6.32. The van der Waals surface area contributed by atoms with Crippen molar-refractivity contribution in [1.82, 2.24) is 24.1 Å². The Labute approximate surface area is 196 Å². The highest BCUT2D eigenvalue weighted by Crippen LogP contribution is 2.32. The average molecular weight is 494 g/mol. The number of hydrogen-bond acceptors (Lipinski definition) is 7.